The first kappa shape index (κ1) is 10.9. The normalized spacial score (nSPS) is 13.5. The van der Waals surface area contributed by atoms with E-state index < -0.39 is 0 Å². The standard InChI is InChI=1S/C14H16O2/c1-4-5-10-6-7-11-12(8-16-14(11)15)13(10)9(2)3/h6-7H,2,4-5,8H2,1,3H3. The average Bonchev–Trinajstić information content (AvgIpc) is 2.60. The van der Waals surface area contributed by atoms with Gasteiger partial charge in [0.2, 0.25) is 0 Å². The van der Waals surface area contributed by atoms with Crippen LogP contribution < -0.4 is 0 Å². The van der Waals surface area contributed by atoms with E-state index in [1.807, 2.05) is 19.1 Å². The van der Waals surface area contributed by atoms with Gasteiger partial charge in [-0.1, -0.05) is 31.6 Å². The van der Waals surface area contributed by atoms with Crippen LogP contribution in [0, 0.1) is 0 Å². The molecule has 0 aliphatic carbocycles. The number of ether oxygens (including phenoxy) is 1. The zero-order valence-corrected chi connectivity index (χ0v) is 9.80. The molecule has 84 valence electrons. The molecule has 1 aliphatic heterocycles. The Labute approximate surface area is 95.9 Å². The summed E-state index contributed by atoms with van der Waals surface area (Å²) >= 11 is 0. The van der Waals surface area contributed by atoms with Crippen LogP contribution in [0.4, 0.5) is 0 Å². The van der Waals surface area contributed by atoms with E-state index in [-0.39, 0.29) is 5.97 Å². The fraction of sp³-hybridized carbons (Fsp3) is 0.357. The molecule has 0 N–H and O–H groups in total. The van der Waals surface area contributed by atoms with Crippen LogP contribution in [-0.4, -0.2) is 5.97 Å². The van der Waals surface area contributed by atoms with E-state index in [4.69, 9.17) is 4.74 Å². The number of allylic oxidation sites excluding steroid dienone is 1. The number of carbonyl (C=O) groups excluding carboxylic acids is 1. The molecule has 1 aromatic carbocycles. The molecule has 16 heavy (non-hydrogen) atoms. The second-order valence-corrected chi connectivity index (χ2v) is 4.23. The number of cyclic esters (lactones) is 1. The molecule has 2 heteroatoms. The van der Waals surface area contributed by atoms with E-state index in [9.17, 15) is 4.79 Å². The maximum absolute atomic E-state index is 11.5. The van der Waals surface area contributed by atoms with Crippen molar-refractivity contribution in [3.05, 3.63) is 41.0 Å². The zero-order valence-electron chi connectivity index (χ0n) is 9.80. The lowest BCUT2D eigenvalue weighted by atomic mass is 9.91. The van der Waals surface area contributed by atoms with Gasteiger partial charge in [-0.05, 0) is 30.5 Å². The number of esters is 1. The minimum atomic E-state index is -0.208. The molecule has 0 fully saturated rings. The zero-order chi connectivity index (χ0) is 11.7. The summed E-state index contributed by atoms with van der Waals surface area (Å²) in [4.78, 5) is 11.5. The molecular weight excluding hydrogens is 200 g/mol. The molecule has 0 radical (unpaired) electrons. The van der Waals surface area contributed by atoms with Gasteiger partial charge in [0.15, 0.2) is 0 Å². The second-order valence-electron chi connectivity index (χ2n) is 4.23. The highest BCUT2D eigenvalue weighted by atomic mass is 16.5. The predicted octanol–water partition coefficient (Wildman–Crippen LogP) is 3.34. The summed E-state index contributed by atoms with van der Waals surface area (Å²) in [5.41, 5.74) is 5.14. The van der Waals surface area contributed by atoms with Crippen molar-refractivity contribution in [1.82, 2.24) is 0 Å². The molecular formula is C14H16O2. The Morgan fingerprint density at radius 2 is 2.25 bits per heavy atom. The highest BCUT2D eigenvalue weighted by Crippen LogP contribution is 2.31. The van der Waals surface area contributed by atoms with Gasteiger partial charge in [0.1, 0.15) is 6.61 Å². The largest absolute Gasteiger partial charge is 0.457 e. The van der Waals surface area contributed by atoms with Crippen molar-refractivity contribution in [2.45, 2.75) is 33.3 Å². The Balaban J connectivity index is 2.60. The SMILES string of the molecule is C=C(C)c1c(CCC)ccc2c1COC2=O. The highest BCUT2D eigenvalue weighted by molar-refractivity contribution is 5.95. The Bertz CT molecular complexity index is 458. The van der Waals surface area contributed by atoms with Crippen molar-refractivity contribution in [2.24, 2.45) is 0 Å². The molecule has 1 aliphatic rings. The summed E-state index contributed by atoms with van der Waals surface area (Å²) in [7, 11) is 0. The van der Waals surface area contributed by atoms with E-state index >= 15 is 0 Å². The molecule has 0 aromatic heterocycles. The lowest BCUT2D eigenvalue weighted by molar-refractivity contribution is 0.0535. The fourth-order valence-corrected chi connectivity index (χ4v) is 2.26. The van der Waals surface area contributed by atoms with Crippen molar-refractivity contribution in [3.8, 4) is 0 Å². The van der Waals surface area contributed by atoms with Gasteiger partial charge in [0, 0.05) is 5.56 Å². The molecule has 1 aromatic rings. The highest BCUT2D eigenvalue weighted by Gasteiger charge is 2.25. The molecule has 0 spiro atoms. The topological polar surface area (TPSA) is 26.3 Å². The molecule has 0 unspecified atom stereocenters. The van der Waals surface area contributed by atoms with Crippen molar-refractivity contribution in [3.63, 3.8) is 0 Å². The molecule has 2 rings (SSSR count). The monoisotopic (exact) mass is 216 g/mol. The number of carbonyl (C=O) groups is 1. The first-order chi connectivity index (χ1) is 7.65. The van der Waals surface area contributed by atoms with Crippen LogP contribution in [0.1, 0.15) is 47.3 Å². The Hall–Kier alpha value is -1.57. The maximum Gasteiger partial charge on any atom is 0.338 e. The number of rotatable bonds is 3. The Kier molecular flexibility index (Phi) is 2.82. The number of aryl methyl sites for hydroxylation is 1. The lowest BCUT2D eigenvalue weighted by Crippen LogP contribution is -1.99. The van der Waals surface area contributed by atoms with Gasteiger partial charge in [-0.25, -0.2) is 4.79 Å². The van der Waals surface area contributed by atoms with Gasteiger partial charge < -0.3 is 4.74 Å². The summed E-state index contributed by atoms with van der Waals surface area (Å²) in [6, 6.07) is 3.90. The van der Waals surface area contributed by atoms with Crippen molar-refractivity contribution in [2.75, 3.05) is 0 Å². The van der Waals surface area contributed by atoms with E-state index in [1.54, 1.807) is 0 Å². The molecule has 0 saturated carbocycles. The van der Waals surface area contributed by atoms with Gasteiger partial charge in [-0.3, -0.25) is 0 Å². The lowest BCUT2D eigenvalue weighted by Gasteiger charge is -2.12. The van der Waals surface area contributed by atoms with Crippen LogP contribution in [-0.2, 0) is 17.8 Å². The predicted molar refractivity (Wildman–Crippen MR) is 64.3 cm³/mol. The molecule has 0 bridgehead atoms. The quantitative estimate of drug-likeness (QED) is 0.724. The number of fused-ring (bicyclic) bond motifs is 1. The first-order valence-corrected chi connectivity index (χ1v) is 5.63. The summed E-state index contributed by atoms with van der Waals surface area (Å²) in [5.74, 6) is -0.208. The van der Waals surface area contributed by atoms with Crippen LogP contribution in [0.25, 0.3) is 5.57 Å². The molecule has 0 amide bonds. The van der Waals surface area contributed by atoms with E-state index in [0.29, 0.717) is 12.2 Å². The van der Waals surface area contributed by atoms with E-state index in [1.165, 1.54) is 5.56 Å². The van der Waals surface area contributed by atoms with Crippen molar-refractivity contribution in [1.29, 1.82) is 0 Å². The molecule has 0 atom stereocenters. The number of hydrogen-bond donors (Lipinski definition) is 0. The summed E-state index contributed by atoms with van der Waals surface area (Å²) < 4.78 is 5.07. The van der Waals surface area contributed by atoms with Gasteiger partial charge in [-0.2, -0.15) is 0 Å². The maximum atomic E-state index is 11.5. The van der Waals surface area contributed by atoms with Crippen LogP contribution in [0.15, 0.2) is 18.7 Å². The number of hydrogen-bond acceptors (Lipinski definition) is 2. The summed E-state index contributed by atoms with van der Waals surface area (Å²) in [5, 5.41) is 0. The van der Waals surface area contributed by atoms with Crippen LogP contribution >= 0.6 is 0 Å². The van der Waals surface area contributed by atoms with E-state index in [2.05, 4.69) is 13.5 Å². The number of benzene rings is 1. The second kappa shape index (κ2) is 4.12. The van der Waals surface area contributed by atoms with Crippen molar-refractivity contribution < 1.29 is 9.53 Å². The van der Waals surface area contributed by atoms with Crippen LogP contribution in [0.2, 0.25) is 0 Å². The van der Waals surface area contributed by atoms with Gasteiger partial charge in [0.25, 0.3) is 0 Å². The first-order valence-electron chi connectivity index (χ1n) is 5.63. The van der Waals surface area contributed by atoms with Crippen LogP contribution in [0.5, 0.6) is 0 Å². The third-order valence-electron chi connectivity index (χ3n) is 2.91. The van der Waals surface area contributed by atoms with Gasteiger partial charge in [-0.15, -0.1) is 0 Å². The van der Waals surface area contributed by atoms with Crippen molar-refractivity contribution >= 4 is 11.5 Å². The third-order valence-corrected chi connectivity index (χ3v) is 2.91. The third kappa shape index (κ3) is 1.64. The van der Waals surface area contributed by atoms with Gasteiger partial charge in [0.05, 0.1) is 5.56 Å². The Morgan fingerprint density at radius 1 is 1.50 bits per heavy atom. The summed E-state index contributed by atoms with van der Waals surface area (Å²) in [6.07, 6.45) is 2.11. The molecule has 2 nitrogen and oxygen atoms in total. The smallest absolute Gasteiger partial charge is 0.338 e. The van der Waals surface area contributed by atoms with Crippen LogP contribution in [0.3, 0.4) is 0 Å². The minimum absolute atomic E-state index is 0.208. The molecule has 0 saturated heterocycles. The summed E-state index contributed by atoms with van der Waals surface area (Å²) in [6.45, 7) is 8.53. The van der Waals surface area contributed by atoms with Gasteiger partial charge >= 0.3 is 5.97 Å². The Morgan fingerprint density at radius 3 is 2.88 bits per heavy atom. The average molecular weight is 216 g/mol. The minimum Gasteiger partial charge on any atom is -0.457 e. The molecule has 1 heterocycles. The van der Waals surface area contributed by atoms with E-state index in [0.717, 1.165) is 29.5 Å². The fourth-order valence-electron chi connectivity index (χ4n) is 2.26.